The molecule has 4 nitrogen and oxygen atoms in total. The largest absolute Gasteiger partial charge is 0.399 e. The predicted molar refractivity (Wildman–Crippen MR) is 74.1 cm³/mol. The van der Waals surface area contributed by atoms with E-state index in [9.17, 15) is 0 Å². The summed E-state index contributed by atoms with van der Waals surface area (Å²) in [5.74, 6) is 0. The van der Waals surface area contributed by atoms with Gasteiger partial charge in [0, 0.05) is 44.8 Å². The highest BCUT2D eigenvalue weighted by Crippen LogP contribution is 2.29. The normalized spacial score (nSPS) is 13.9. The summed E-state index contributed by atoms with van der Waals surface area (Å²) in [6, 6.07) is 6.16. The minimum atomic E-state index is 0.770. The minimum Gasteiger partial charge on any atom is -0.399 e. The lowest BCUT2D eigenvalue weighted by Crippen LogP contribution is -2.25. The molecule has 4 heteroatoms. The van der Waals surface area contributed by atoms with Gasteiger partial charge < -0.3 is 20.1 Å². The van der Waals surface area contributed by atoms with Crippen LogP contribution in [0, 0.1) is 0 Å². The van der Waals surface area contributed by atoms with Gasteiger partial charge in [-0.3, -0.25) is 0 Å². The van der Waals surface area contributed by atoms with Crippen LogP contribution >= 0.6 is 0 Å². The second-order valence-electron chi connectivity index (χ2n) is 4.58. The number of ether oxygens (including phenoxy) is 2. The van der Waals surface area contributed by atoms with E-state index in [1.165, 1.54) is 11.3 Å². The van der Waals surface area contributed by atoms with Crippen LogP contribution in [0.25, 0.3) is 0 Å². The average molecular weight is 250 g/mol. The Morgan fingerprint density at radius 3 is 3.00 bits per heavy atom. The lowest BCUT2D eigenvalue weighted by molar-refractivity contribution is 0.107. The second kappa shape index (κ2) is 6.61. The van der Waals surface area contributed by atoms with Gasteiger partial charge >= 0.3 is 0 Å². The Morgan fingerprint density at radius 2 is 2.17 bits per heavy atom. The van der Waals surface area contributed by atoms with Gasteiger partial charge in [-0.05, 0) is 36.6 Å². The third kappa shape index (κ3) is 3.37. The molecule has 1 aliphatic rings. The van der Waals surface area contributed by atoms with Crippen LogP contribution in [0.4, 0.5) is 11.4 Å². The molecule has 18 heavy (non-hydrogen) atoms. The van der Waals surface area contributed by atoms with E-state index in [4.69, 9.17) is 15.2 Å². The summed E-state index contributed by atoms with van der Waals surface area (Å²) < 4.78 is 10.6. The minimum absolute atomic E-state index is 0.770. The Bertz CT molecular complexity index is 382. The van der Waals surface area contributed by atoms with Gasteiger partial charge in [-0.15, -0.1) is 0 Å². The van der Waals surface area contributed by atoms with Crippen molar-refractivity contribution in [3.8, 4) is 0 Å². The summed E-state index contributed by atoms with van der Waals surface area (Å²) in [7, 11) is 1.72. The Morgan fingerprint density at radius 1 is 1.28 bits per heavy atom. The summed E-state index contributed by atoms with van der Waals surface area (Å²) >= 11 is 0. The van der Waals surface area contributed by atoms with Gasteiger partial charge in [-0.25, -0.2) is 0 Å². The number of nitrogens with zero attached hydrogens (tertiary/aromatic N) is 1. The van der Waals surface area contributed by atoms with E-state index in [1.807, 2.05) is 6.07 Å². The zero-order valence-corrected chi connectivity index (χ0v) is 11.0. The molecule has 0 spiro atoms. The van der Waals surface area contributed by atoms with Crippen molar-refractivity contribution in [3.05, 3.63) is 23.8 Å². The highest BCUT2D eigenvalue weighted by Gasteiger charge is 2.18. The number of methoxy groups -OCH3 is 1. The molecule has 0 bridgehead atoms. The molecule has 0 fully saturated rings. The first-order valence-corrected chi connectivity index (χ1v) is 6.51. The van der Waals surface area contributed by atoms with Crippen LogP contribution in [0.5, 0.6) is 0 Å². The van der Waals surface area contributed by atoms with Crippen LogP contribution in [-0.4, -0.2) is 40.0 Å². The topological polar surface area (TPSA) is 47.7 Å². The van der Waals surface area contributed by atoms with E-state index in [1.54, 1.807) is 7.11 Å². The summed E-state index contributed by atoms with van der Waals surface area (Å²) in [4.78, 5) is 2.37. The van der Waals surface area contributed by atoms with Crippen molar-refractivity contribution in [2.24, 2.45) is 0 Å². The second-order valence-corrected chi connectivity index (χ2v) is 4.58. The van der Waals surface area contributed by atoms with Crippen molar-refractivity contribution in [1.29, 1.82) is 0 Å². The van der Waals surface area contributed by atoms with Crippen molar-refractivity contribution >= 4 is 11.4 Å². The van der Waals surface area contributed by atoms with E-state index < -0.39 is 0 Å². The maximum absolute atomic E-state index is 5.79. The Balaban J connectivity index is 1.73. The monoisotopic (exact) mass is 250 g/mol. The van der Waals surface area contributed by atoms with Gasteiger partial charge in [0.1, 0.15) is 0 Å². The first-order chi connectivity index (χ1) is 8.81. The molecule has 0 radical (unpaired) electrons. The molecule has 0 unspecified atom stereocenters. The van der Waals surface area contributed by atoms with Crippen LogP contribution in [0.15, 0.2) is 18.2 Å². The third-order valence-corrected chi connectivity index (χ3v) is 3.24. The van der Waals surface area contributed by atoms with Crippen molar-refractivity contribution in [2.45, 2.75) is 12.8 Å². The molecule has 1 aromatic carbocycles. The Kier molecular flexibility index (Phi) is 4.84. The van der Waals surface area contributed by atoms with Gasteiger partial charge in [0.25, 0.3) is 0 Å². The predicted octanol–water partition coefficient (Wildman–Crippen LogP) is 1.68. The maximum atomic E-state index is 5.79. The molecule has 1 aliphatic heterocycles. The lowest BCUT2D eigenvalue weighted by atomic mass is 10.1. The molecule has 0 saturated carbocycles. The Labute approximate surface area is 109 Å². The zero-order valence-electron chi connectivity index (χ0n) is 11.0. The first-order valence-electron chi connectivity index (χ1n) is 6.51. The van der Waals surface area contributed by atoms with E-state index in [0.717, 1.165) is 51.4 Å². The van der Waals surface area contributed by atoms with Gasteiger partial charge in [-0.2, -0.15) is 0 Å². The van der Waals surface area contributed by atoms with Crippen molar-refractivity contribution in [1.82, 2.24) is 0 Å². The first kappa shape index (κ1) is 13.2. The van der Waals surface area contributed by atoms with Gasteiger partial charge in [-0.1, -0.05) is 0 Å². The van der Waals surface area contributed by atoms with Crippen LogP contribution in [0.3, 0.4) is 0 Å². The molecule has 0 aromatic heterocycles. The zero-order chi connectivity index (χ0) is 12.8. The number of hydrogen-bond donors (Lipinski definition) is 1. The summed E-state index contributed by atoms with van der Waals surface area (Å²) in [5.41, 5.74) is 9.31. The van der Waals surface area contributed by atoms with Crippen molar-refractivity contribution in [3.63, 3.8) is 0 Å². The molecule has 0 amide bonds. The number of benzene rings is 1. The fraction of sp³-hybridized carbons (Fsp3) is 0.571. The number of fused-ring (bicyclic) bond motifs is 1. The highest BCUT2D eigenvalue weighted by atomic mass is 16.5. The molecular formula is C14H22N2O2. The lowest BCUT2D eigenvalue weighted by Gasteiger charge is -2.19. The average Bonchev–Trinajstić information content (AvgIpc) is 2.76. The summed E-state index contributed by atoms with van der Waals surface area (Å²) in [6.07, 6.45) is 2.05. The number of anilines is 2. The molecule has 100 valence electrons. The van der Waals surface area contributed by atoms with Gasteiger partial charge in [0.15, 0.2) is 0 Å². The fourth-order valence-electron chi connectivity index (χ4n) is 2.30. The number of nitrogen functional groups attached to an aromatic ring is 1. The van der Waals surface area contributed by atoms with Crippen LogP contribution in [0.2, 0.25) is 0 Å². The van der Waals surface area contributed by atoms with Crippen LogP contribution < -0.4 is 10.6 Å². The van der Waals surface area contributed by atoms with E-state index in [2.05, 4.69) is 17.0 Å². The number of nitrogens with two attached hydrogens (primary N) is 1. The highest BCUT2D eigenvalue weighted by molar-refractivity contribution is 5.62. The van der Waals surface area contributed by atoms with Crippen molar-refractivity contribution < 1.29 is 9.47 Å². The molecule has 0 atom stereocenters. The summed E-state index contributed by atoms with van der Waals surface area (Å²) in [5, 5.41) is 0. The smallest absolute Gasteiger partial charge is 0.0641 e. The number of rotatable bonds is 7. The van der Waals surface area contributed by atoms with E-state index in [0.29, 0.717) is 0 Å². The molecule has 2 rings (SSSR count). The van der Waals surface area contributed by atoms with E-state index >= 15 is 0 Å². The van der Waals surface area contributed by atoms with Crippen LogP contribution in [-0.2, 0) is 15.9 Å². The molecule has 0 saturated heterocycles. The van der Waals surface area contributed by atoms with Gasteiger partial charge in [0.2, 0.25) is 0 Å². The molecule has 2 N–H and O–H groups in total. The SMILES string of the molecule is COCCCOCCN1CCc2cc(N)ccc21. The van der Waals surface area contributed by atoms with Gasteiger partial charge in [0.05, 0.1) is 6.61 Å². The Hall–Kier alpha value is -1.26. The van der Waals surface area contributed by atoms with Crippen LogP contribution in [0.1, 0.15) is 12.0 Å². The third-order valence-electron chi connectivity index (χ3n) is 3.24. The number of hydrogen-bond acceptors (Lipinski definition) is 4. The molecule has 0 aliphatic carbocycles. The van der Waals surface area contributed by atoms with E-state index in [-0.39, 0.29) is 0 Å². The summed E-state index contributed by atoms with van der Waals surface area (Å²) in [6.45, 7) is 4.33. The fourth-order valence-corrected chi connectivity index (χ4v) is 2.30. The maximum Gasteiger partial charge on any atom is 0.0641 e. The van der Waals surface area contributed by atoms with Crippen molar-refractivity contribution in [2.75, 3.05) is 50.7 Å². The molecule has 1 aromatic rings. The molecule has 1 heterocycles. The quantitative estimate of drug-likeness (QED) is 0.591. The standard InChI is InChI=1S/C14H22N2O2/c1-17-8-2-9-18-10-7-16-6-5-12-11-13(15)3-4-14(12)16/h3-4,11H,2,5-10,15H2,1H3. The molecular weight excluding hydrogens is 228 g/mol.